The van der Waals surface area contributed by atoms with Crippen LogP contribution in [0.15, 0.2) is 42.5 Å². The van der Waals surface area contributed by atoms with Crippen molar-refractivity contribution in [2.75, 3.05) is 6.61 Å². The average molecular weight is 324 g/mol. The lowest BCUT2D eigenvalue weighted by molar-refractivity contribution is -0.130. The molecular weight excluding hydrogens is 300 g/mol. The van der Waals surface area contributed by atoms with Gasteiger partial charge in [-0.25, -0.2) is 4.79 Å². The number of carboxylic acid groups (broad SMARTS) is 1. The summed E-state index contributed by atoms with van der Waals surface area (Å²) < 4.78 is 5.72. The molecule has 0 atom stereocenters. The van der Waals surface area contributed by atoms with Crippen LogP contribution in [0.25, 0.3) is 11.6 Å². The summed E-state index contributed by atoms with van der Waals surface area (Å²) in [5.74, 6) is 0.257. The Balaban J connectivity index is 2.37. The Labute approximate surface area is 143 Å². The first kappa shape index (κ1) is 17.8. The molecule has 0 heterocycles. The van der Waals surface area contributed by atoms with E-state index >= 15 is 0 Å². The molecule has 0 aromatic heterocycles. The highest BCUT2D eigenvalue weighted by atomic mass is 16.5. The summed E-state index contributed by atoms with van der Waals surface area (Å²) in [7, 11) is 0. The van der Waals surface area contributed by atoms with Crippen LogP contribution in [0, 0.1) is 19.8 Å². The number of hydrogen-bond acceptors (Lipinski definition) is 2. The number of carbonyl (C=O) groups is 1. The molecule has 0 amide bonds. The fourth-order valence-electron chi connectivity index (χ4n) is 2.49. The molecule has 0 fully saturated rings. The first-order chi connectivity index (χ1) is 11.4. The van der Waals surface area contributed by atoms with Crippen molar-refractivity contribution < 1.29 is 14.6 Å². The lowest BCUT2D eigenvalue weighted by atomic mass is 9.97. The number of aryl methyl sites for hydroxylation is 2. The van der Waals surface area contributed by atoms with E-state index in [9.17, 15) is 9.90 Å². The van der Waals surface area contributed by atoms with Crippen LogP contribution < -0.4 is 4.74 Å². The SMILES string of the molecule is Cc1ccc(/C(=C/c2cccc(OCC(C)C)c2)C(=O)O)c(C)c1. The Hall–Kier alpha value is -2.55. The minimum Gasteiger partial charge on any atom is -0.493 e. The van der Waals surface area contributed by atoms with Crippen LogP contribution in [-0.4, -0.2) is 17.7 Å². The first-order valence-electron chi connectivity index (χ1n) is 8.12. The molecule has 0 aliphatic rings. The lowest BCUT2D eigenvalue weighted by Gasteiger charge is -2.10. The molecular formula is C21H24O3. The van der Waals surface area contributed by atoms with E-state index < -0.39 is 5.97 Å². The summed E-state index contributed by atoms with van der Waals surface area (Å²) in [6.45, 7) is 8.74. The maximum absolute atomic E-state index is 11.7. The number of rotatable bonds is 6. The molecule has 3 heteroatoms. The van der Waals surface area contributed by atoms with Crippen LogP contribution in [0.5, 0.6) is 5.75 Å². The van der Waals surface area contributed by atoms with Crippen molar-refractivity contribution in [1.82, 2.24) is 0 Å². The lowest BCUT2D eigenvalue weighted by Crippen LogP contribution is -2.04. The highest BCUT2D eigenvalue weighted by molar-refractivity contribution is 6.21. The molecule has 126 valence electrons. The molecule has 3 nitrogen and oxygen atoms in total. The fraction of sp³-hybridized carbons (Fsp3) is 0.286. The van der Waals surface area contributed by atoms with Gasteiger partial charge in [0.1, 0.15) is 5.75 Å². The van der Waals surface area contributed by atoms with Gasteiger partial charge in [-0.1, -0.05) is 49.7 Å². The van der Waals surface area contributed by atoms with Crippen molar-refractivity contribution in [2.45, 2.75) is 27.7 Å². The van der Waals surface area contributed by atoms with Crippen LogP contribution in [0.2, 0.25) is 0 Å². The van der Waals surface area contributed by atoms with E-state index in [0.717, 1.165) is 28.0 Å². The van der Waals surface area contributed by atoms with Crippen LogP contribution >= 0.6 is 0 Å². The van der Waals surface area contributed by atoms with Crippen molar-refractivity contribution in [3.05, 3.63) is 64.7 Å². The van der Waals surface area contributed by atoms with Gasteiger partial charge in [-0.15, -0.1) is 0 Å². The first-order valence-corrected chi connectivity index (χ1v) is 8.12. The Morgan fingerprint density at radius 1 is 1.17 bits per heavy atom. The normalized spacial score (nSPS) is 11.6. The summed E-state index contributed by atoms with van der Waals surface area (Å²) in [5.41, 5.74) is 3.91. The molecule has 0 radical (unpaired) electrons. The number of carboxylic acids is 1. The van der Waals surface area contributed by atoms with Crippen LogP contribution in [0.4, 0.5) is 0 Å². The second kappa shape index (κ2) is 7.82. The van der Waals surface area contributed by atoms with Gasteiger partial charge in [0.2, 0.25) is 0 Å². The van der Waals surface area contributed by atoms with Crippen molar-refractivity contribution in [3.8, 4) is 5.75 Å². The Morgan fingerprint density at radius 3 is 2.54 bits per heavy atom. The number of benzene rings is 2. The molecule has 24 heavy (non-hydrogen) atoms. The largest absolute Gasteiger partial charge is 0.493 e. The highest BCUT2D eigenvalue weighted by Gasteiger charge is 2.13. The summed E-state index contributed by atoms with van der Waals surface area (Å²) in [6.07, 6.45) is 1.70. The molecule has 0 spiro atoms. The molecule has 2 aromatic rings. The highest BCUT2D eigenvalue weighted by Crippen LogP contribution is 2.24. The third kappa shape index (κ3) is 4.72. The van der Waals surface area contributed by atoms with Crippen LogP contribution in [0.1, 0.15) is 36.1 Å². The quantitative estimate of drug-likeness (QED) is 0.603. The monoisotopic (exact) mass is 324 g/mol. The van der Waals surface area contributed by atoms with Gasteiger partial charge in [-0.3, -0.25) is 0 Å². The molecule has 0 aliphatic carbocycles. The molecule has 1 N–H and O–H groups in total. The molecule has 0 bridgehead atoms. The average Bonchev–Trinajstić information content (AvgIpc) is 2.51. The van der Waals surface area contributed by atoms with E-state index in [1.165, 1.54) is 0 Å². The molecule has 0 unspecified atom stereocenters. The zero-order valence-electron chi connectivity index (χ0n) is 14.7. The summed E-state index contributed by atoms with van der Waals surface area (Å²) in [5, 5.41) is 9.63. The van der Waals surface area contributed by atoms with E-state index in [1.54, 1.807) is 6.08 Å². The molecule has 0 saturated carbocycles. The van der Waals surface area contributed by atoms with Gasteiger partial charge in [0, 0.05) is 0 Å². The Kier molecular flexibility index (Phi) is 5.80. The van der Waals surface area contributed by atoms with Gasteiger partial charge in [0.15, 0.2) is 0 Å². The topological polar surface area (TPSA) is 46.5 Å². The Morgan fingerprint density at radius 2 is 1.92 bits per heavy atom. The van der Waals surface area contributed by atoms with Gasteiger partial charge < -0.3 is 9.84 Å². The predicted octanol–water partition coefficient (Wildman–Crippen LogP) is 4.96. The van der Waals surface area contributed by atoms with Gasteiger partial charge in [0.25, 0.3) is 0 Å². The zero-order chi connectivity index (χ0) is 17.7. The number of ether oxygens (including phenoxy) is 1. The standard InChI is InChI=1S/C21H24O3/c1-14(2)13-24-18-7-5-6-17(11-18)12-20(21(22)23)19-9-8-15(3)10-16(19)4/h5-12,14H,13H2,1-4H3,(H,22,23)/b20-12-. The smallest absolute Gasteiger partial charge is 0.336 e. The second-order valence-corrected chi connectivity index (χ2v) is 6.46. The molecule has 2 rings (SSSR count). The van der Waals surface area contributed by atoms with Crippen LogP contribution in [0.3, 0.4) is 0 Å². The summed E-state index contributed by atoms with van der Waals surface area (Å²) in [4.78, 5) is 11.7. The third-order valence-electron chi connectivity index (χ3n) is 3.65. The van der Waals surface area contributed by atoms with Crippen molar-refractivity contribution in [1.29, 1.82) is 0 Å². The minimum absolute atomic E-state index is 0.286. The maximum Gasteiger partial charge on any atom is 0.336 e. The number of hydrogen-bond donors (Lipinski definition) is 1. The van der Waals surface area contributed by atoms with E-state index in [-0.39, 0.29) is 5.57 Å². The van der Waals surface area contributed by atoms with E-state index in [4.69, 9.17) is 4.74 Å². The van der Waals surface area contributed by atoms with Crippen LogP contribution in [-0.2, 0) is 4.79 Å². The van der Waals surface area contributed by atoms with Gasteiger partial charge in [-0.05, 0) is 54.7 Å². The Bertz CT molecular complexity index is 757. The molecule has 2 aromatic carbocycles. The molecule has 0 saturated heterocycles. The third-order valence-corrected chi connectivity index (χ3v) is 3.65. The minimum atomic E-state index is -0.935. The molecule has 0 aliphatic heterocycles. The van der Waals surface area contributed by atoms with Gasteiger partial charge >= 0.3 is 5.97 Å². The zero-order valence-corrected chi connectivity index (χ0v) is 14.7. The van der Waals surface area contributed by atoms with Crippen molar-refractivity contribution in [3.63, 3.8) is 0 Å². The summed E-state index contributed by atoms with van der Waals surface area (Å²) in [6, 6.07) is 13.3. The van der Waals surface area contributed by atoms with Crippen molar-refractivity contribution >= 4 is 17.6 Å². The maximum atomic E-state index is 11.7. The van der Waals surface area contributed by atoms with Gasteiger partial charge in [0.05, 0.1) is 12.2 Å². The van der Waals surface area contributed by atoms with E-state index in [1.807, 2.05) is 56.3 Å². The summed E-state index contributed by atoms with van der Waals surface area (Å²) >= 11 is 0. The predicted molar refractivity (Wildman–Crippen MR) is 98.2 cm³/mol. The number of aliphatic carboxylic acids is 1. The van der Waals surface area contributed by atoms with E-state index in [2.05, 4.69) is 13.8 Å². The van der Waals surface area contributed by atoms with Gasteiger partial charge in [-0.2, -0.15) is 0 Å². The van der Waals surface area contributed by atoms with Crippen molar-refractivity contribution in [2.24, 2.45) is 5.92 Å². The second-order valence-electron chi connectivity index (χ2n) is 6.46. The fourth-order valence-corrected chi connectivity index (χ4v) is 2.49. The van der Waals surface area contributed by atoms with E-state index in [0.29, 0.717) is 12.5 Å².